The number of benzene rings is 1. The molecule has 1 N–H and O–H groups in total. The Morgan fingerprint density at radius 3 is 2.70 bits per heavy atom. The SMILES string of the molecule is CNC(C)c1cccc(SCCN2CCN(C)CC2)c1. The van der Waals surface area contributed by atoms with E-state index in [2.05, 4.69) is 53.4 Å². The fourth-order valence-electron chi connectivity index (χ4n) is 2.40. The van der Waals surface area contributed by atoms with Gasteiger partial charge in [-0.2, -0.15) is 0 Å². The average molecular weight is 293 g/mol. The van der Waals surface area contributed by atoms with Crippen LogP contribution in [0.2, 0.25) is 0 Å². The summed E-state index contributed by atoms with van der Waals surface area (Å²) in [6, 6.07) is 9.33. The standard InChI is InChI=1S/C16H27N3S/c1-14(17-2)15-5-4-6-16(13-15)20-12-11-19-9-7-18(3)8-10-19/h4-6,13-14,17H,7-12H2,1-3H3. The molecule has 20 heavy (non-hydrogen) atoms. The Balaban J connectivity index is 1.76. The van der Waals surface area contributed by atoms with E-state index in [1.807, 2.05) is 18.8 Å². The van der Waals surface area contributed by atoms with Crippen LogP contribution in [0, 0.1) is 0 Å². The maximum atomic E-state index is 3.30. The average Bonchev–Trinajstić information content (AvgIpc) is 2.49. The van der Waals surface area contributed by atoms with E-state index < -0.39 is 0 Å². The summed E-state index contributed by atoms with van der Waals surface area (Å²) in [5.41, 5.74) is 1.37. The third-order valence-corrected chi connectivity index (χ3v) is 5.04. The lowest BCUT2D eigenvalue weighted by molar-refractivity contribution is 0.161. The second kappa shape index (κ2) is 8.03. The van der Waals surface area contributed by atoms with E-state index in [0.717, 1.165) is 0 Å². The van der Waals surface area contributed by atoms with Crippen LogP contribution >= 0.6 is 11.8 Å². The molecule has 0 bridgehead atoms. The second-order valence-electron chi connectivity index (χ2n) is 5.58. The Labute approximate surface area is 127 Å². The molecule has 1 fully saturated rings. The van der Waals surface area contributed by atoms with Crippen molar-refractivity contribution >= 4 is 11.8 Å². The minimum atomic E-state index is 0.424. The molecule has 1 atom stereocenters. The van der Waals surface area contributed by atoms with Gasteiger partial charge in [0, 0.05) is 49.4 Å². The summed E-state index contributed by atoms with van der Waals surface area (Å²) >= 11 is 1.97. The smallest absolute Gasteiger partial charge is 0.0289 e. The van der Waals surface area contributed by atoms with E-state index in [1.54, 1.807) is 0 Å². The molecule has 0 spiro atoms. The Bertz CT molecular complexity index is 402. The fraction of sp³-hybridized carbons (Fsp3) is 0.625. The van der Waals surface area contributed by atoms with Gasteiger partial charge in [0.1, 0.15) is 0 Å². The summed E-state index contributed by atoms with van der Waals surface area (Å²) in [6.45, 7) is 8.25. The highest BCUT2D eigenvalue weighted by Crippen LogP contribution is 2.22. The molecule has 1 unspecified atom stereocenters. The van der Waals surface area contributed by atoms with E-state index >= 15 is 0 Å². The third kappa shape index (κ3) is 4.77. The van der Waals surface area contributed by atoms with Gasteiger partial charge in [-0.05, 0) is 38.7 Å². The van der Waals surface area contributed by atoms with Gasteiger partial charge >= 0.3 is 0 Å². The molecule has 0 aliphatic carbocycles. The first kappa shape index (κ1) is 15.8. The van der Waals surface area contributed by atoms with Crippen molar-refractivity contribution in [3.05, 3.63) is 29.8 Å². The number of thioether (sulfide) groups is 1. The molecule has 1 aliphatic rings. The Morgan fingerprint density at radius 2 is 2.00 bits per heavy atom. The van der Waals surface area contributed by atoms with E-state index in [-0.39, 0.29) is 0 Å². The van der Waals surface area contributed by atoms with Gasteiger partial charge in [-0.1, -0.05) is 12.1 Å². The second-order valence-corrected chi connectivity index (χ2v) is 6.74. The van der Waals surface area contributed by atoms with Crippen molar-refractivity contribution in [2.45, 2.75) is 17.9 Å². The molecule has 4 heteroatoms. The lowest BCUT2D eigenvalue weighted by atomic mass is 10.1. The van der Waals surface area contributed by atoms with E-state index in [0.29, 0.717) is 6.04 Å². The van der Waals surface area contributed by atoms with Crippen molar-refractivity contribution in [2.24, 2.45) is 0 Å². The van der Waals surface area contributed by atoms with Crippen LogP contribution in [0.15, 0.2) is 29.2 Å². The largest absolute Gasteiger partial charge is 0.313 e. The number of hydrogen-bond acceptors (Lipinski definition) is 4. The summed E-state index contributed by atoms with van der Waals surface area (Å²) < 4.78 is 0. The molecule has 2 rings (SSSR count). The van der Waals surface area contributed by atoms with Crippen molar-refractivity contribution in [3.63, 3.8) is 0 Å². The molecular formula is C16H27N3S. The van der Waals surface area contributed by atoms with Crippen LogP contribution in [0.3, 0.4) is 0 Å². The zero-order chi connectivity index (χ0) is 14.4. The number of nitrogens with zero attached hydrogens (tertiary/aromatic N) is 2. The maximum Gasteiger partial charge on any atom is 0.0289 e. The minimum Gasteiger partial charge on any atom is -0.313 e. The first-order chi connectivity index (χ1) is 9.69. The zero-order valence-corrected chi connectivity index (χ0v) is 13.7. The highest BCUT2D eigenvalue weighted by molar-refractivity contribution is 7.99. The molecule has 1 heterocycles. The Morgan fingerprint density at radius 1 is 1.25 bits per heavy atom. The van der Waals surface area contributed by atoms with Gasteiger partial charge in [0.2, 0.25) is 0 Å². The van der Waals surface area contributed by atoms with Crippen LogP contribution in [0.1, 0.15) is 18.5 Å². The predicted octanol–water partition coefficient (Wildman–Crippen LogP) is 2.31. The summed E-state index contributed by atoms with van der Waals surface area (Å²) in [7, 11) is 4.22. The van der Waals surface area contributed by atoms with Crippen molar-refractivity contribution in [2.75, 3.05) is 52.6 Å². The zero-order valence-electron chi connectivity index (χ0n) is 12.9. The highest BCUT2D eigenvalue weighted by Gasteiger charge is 2.13. The van der Waals surface area contributed by atoms with Crippen LogP contribution in [0.4, 0.5) is 0 Å². The predicted molar refractivity (Wildman–Crippen MR) is 88.6 cm³/mol. The van der Waals surface area contributed by atoms with Crippen LogP contribution < -0.4 is 5.32 Å². The quantitative estimate of drug-likeness (QED) is 0.811. The maximum absolute atomic E-state index is 3.30. The molecule has 0 amide bonds. The Hall–Kier alpha value is -0.550. The lowest BCUT2D eigenvalue weighted by Gasteiger charge is -2.32. The molecule has 0 aromatic heterocycles. The topological polar surface area (TPSA) is 18.5 Å². The highest BCUT2D eigenvalue weighted by atomic mass is 32.2. The molecule has 1 aromatic rings. The normalized spacial score (nSPS) is 19.1. The molecule has 112 valence electrons. The minimum absolute atomic E-state index is 0.424. The molecule has 0 saturated carbocycles. The number of likely N-dealkylation sites (N-methyl/N-ethyl adjacent to an activating group) is 1. The number of piperazine rings is 1. The molecule has 1 aliphatic heterocycles. The first-order valence-electron chi connectivity index (χ1n) is 7.50. The molecule has 0 radical (unpaired) electrons. The van der Waals surface area contributed by atoms with Crippen LogP contribution in [-0.4, -0.2) is 62.4 Å². The monoisotopic (exact) mass is 293 g/mol. The van der Waals surface area contributed by atoms with Gasteiger partial charge in [-0.25, -0.2) is 0 Å². The summed E-state index contributed by atoms with van der Waals surface area (Å²) in [4.78, 5) is 6.37. The molecule has 3 nitrogen and oxygen atoms in total. The Kier molecular flexibility index (Phi) is 6.36. The van der Waals surface area contributed by atoms with Gasteiger partial charge in [0.05, 0.1) is 0 Å². The van der Waals surface area contributed by atoms with Gasteiger partial charge in [0.15, 0.2) is 0 Å². The third-order valence-electron chi connectivity index (χ3n) is 4.06. The number of nitrogens with one attached hydrogen (secondary N) is 1. The van der Waals surface area contributed by atoms with E-state index in [9.17, 15) is 0 Å². The van der Waals surface area contributed by atoms with Gasteiger partial charge < -0.3 is 10.2 Å². The molecule has 1 aromatic carbocycles. The van der Waals surface area contributed by atoms with Gasteiger partial charge in [-0.15, -0.1) is 11.8 Å². The summed E-state index contributed by atoms with van der Waals surface area (Å²) in [6.07, 6.45) is 0. The van der Waals surface area contributed by atoms with E-state index in [1.165, 1.54) is 48.9 Å². The van der Waals surface area contributed by atoms with Gasteiger partial charge in [-0.3, -0.25) is 4.90 Å². The van der Waals surface area contributed by atoms with Gasteiger partial charge in [0.25, 0.3) is 0 Å². The summed E-state index contributed by atoms with van der Waals surface area (Å²) in [5.74, 6) is 1.18. The number of hydrogen-bond donors (Lipinski definition) is 1. The van der Waals surface area contributed by atoms with Crippen molar-refractivity contribution in [1.29, 1.82) is 0 Å². The van der Waals surface area contributed by atoms with Crippen molar-refractivity contribution in [3.8, 4) is 0 Å². The van der Waals surface area contributed by atoms with Crippen LogP contribution in [0.5, 0.6) is 0 Å². The van der Waals surface area contributed by atoms with Crippen molar-refractivity contribution < 1.29 is 0 Å². The number of rotatable bonds is 6. The van der Waals surface area contributed by atoms with E-state index in [4.69, 9.17) is 0 Å². The molecular weight excluding hydrogens is 266 g/mol. The van der Waals surface area contributed by atoms with Crippen LogP contribution in [0.25, 0.3) is 0 Å². The lowest BCUT2D eigenvalue weighted by Crippen LogP contribution is -2.45. The fourth-order valence-corrected chi connectivity index (χ4v) is 3.38. The summed E-state index contributed by atoms with van der Waals surface area (Å²) in [5, 5.41) is 3.30. The molecule has 1 saturated heterocycles. The van der Waals surface area contributed by atoms with Crippen LogP contribution in [-0.2, 0) is 0 Å². The first-order valence-corrected chi connectivity index (χ1v) is 8.48. The van der Waals surface area contributed by atoms with Crippen molar-refractivity contribution in [1.82, 2.24) is 15.1 Å².